The van der Waals surface area contributed by atoms with Crippen LogP contribution in [-0.4, -0.2) is 37.1 Å². The van der Waals surface area contributed by atoms with Crippen LogP contribution in [0, 0.1) is 0 Å². The highest BCUT2D eigenvalue weighted by Gasteiger charge is 2.28. The zero-order valence-corrected chi connectivity index (χ0v) is 16.8. The summed E-state index contributed by atoms with van der Waals surface area (Å²) < 4.78 is 11.0. The Morgan fingerprint density at radius 3 is 2.66 bits per heavy atom. The molecule has 3 rings (SSSR count). The molecule has 0 spiro atoms. The molecule has 0 radical (unpaired) electrons. The third-order valence-corrected chi connectivity index (χ3v) is 5.02. The first kappa shape index (κ1) is 21.1. The molecule has 1 aliphatic rings. The molecule has 0 fully saturated rings. The average molecular weight is 390 g/mol. The molecule has 0 saturated carbocycles. The summed E-state index contributed by atoms with van der Waals surface area (Å²) in [7, 11) is 0.836. The van der Waals surface area contributed by atoms with E-state index in [0.29, 0.717) is 25.8 Å². The molecule has 1 heterocycles. The molecule has 2 N–H and O–H groups in total. The van der Waals surface area contributed by atoms with Gasteiger partial charge in [0, 0.05) is 19.0 Å². The van der Waals surface area contributed by atoms with Crippen LogP contribution in [0.1, 0.15) is 24.0 Å². The van der Waals surface area contributed by atoms with Crippen molar-refractivity contribution in [3.05, 3.63) is 89.5 Å². The van der Waals surface area contributed by atoms with E-state index in [1.165, 1.54) is 0 Å². The van der Waals surface area contributed by atoms with E-state index in [2.05, 4.69) is 18.7 Å². The molecular formula is C24H27BO4. The smallest absolute Gasteiger partial charge is 0.458 e. The number of para-hydroxylation sites is 1. The van der Waals surface area contributed by atoms with Crippen LogP contribution in [0.3, 0.4) is 0 Å². The number of phenols is 1. The Morgan fingerprint density at radius 1 is 1.21 bits per heavy atom. The lowest BCUT2D eigenvalue weighted by Gasteiger charge is -2.28. The molecule has 150 valence electrons. The highest BCUT2D eigenvalue weighted by Crippen LogP contribution is 2.31. The Bertz CT molecular complexity index is 889. The van der Waals surface area contributed by atoms with Gasteiger partial charge in [0.05, 0.1) is 12.7 Å². The van der Waals surface area contributed by atoms with Crippen molar-refractivity contribution in [2.45, 2.75) is 25.3 Å². The van der Waals surface area contributed by atoms with Gasteiger partial charge >= 0.3 is 7.12 Å². The van der Waals surface area contributed by atoms with Crippen molar-refractivity contribution in [3.8, 4) is 5.75 Å². The molecule has 1 aliphatic heterocycles. The van der Waals surface area contributed by atoms with Gasteiger partial charge in [-0.2, -0.15) is 0 Å². The maximum atomic E-state index is 10.2. The Hall–Kier alpha value is -2.60. The van der Waals surface area contributed by atoms with Gasteiger partial charge < -0.3 is 19.5 Å². The van der Waals surface area contributed by atoms with Crippen LogP contribution in [-0.2, 0) is 9.39 Å². The predicted octanol–water partition coefficient (Wildman–Crippen LogP) is 4.72. The molecule has 5 heteroatoms. The molecule has 0 aliphatic carbocycles. The first-order valence-electron chi connectivity index (χ1n) is 9.83. The Labute approximate surface area is 173 Å². The van der Waals surface area contributed by atoms with Crippen molar-refractivity contribution >= 4 is 18.8 Å². The van der Waals surface area contributed by atoms with E-state index in [-0.39, 0.29) is 11.9 Å². The number of hydrogen-bond acceptors (Lipinski definition) is 4. The zero-order valence-electron chi connectivity index (χ0n) is 16.8. The zero-order chi connectivity index (χ0) is 20.6. The highest BCUT2D eigenvalue weighted by atomic mass is 16.5. The van der Waals surface area contributed by atoms with E-state index < -0.39 is 7.12 Å². The lowest BCUT2D eigenvalue weighted by atomic mass is 9.78. The van der Waals surface area contributed by atoms with Crippen LogP contribution in [0.15, 0.2) is 78.4 Å². The number of rotatable bonds is 8. The first-order chi connectivity index (χ1) is 14.1. The number of allylic oxidation sites excluding steroid dienone is 2. The maximum Gasteiger partial charge on any atom is 0.458 e. The van der Waals surface area contributed by atoms with Gasteiger partial charge in [-0.15, -0.1) is 0 Å². The molecule has 0 amide bonds. The first-order valence-corrected chi connectivity index (χ1v) is 9.83. The van der Waals surface area contributed by atoms with Gasteiger partial charge in [-0.25, -0.2) is 0 Å². The van der Waals surface area contributed by atoms with Gasteiger partial charge in [0.2, 0.25) is 0 Å². The van der Waals surface area contributed by atoms with E-state index in [9.17, 15) is 10.1 Å². The minimum Gasteiger partial charge on any atom is -0.507 e. The second-order valence-corrected chi connectivity index (χ2v) is 7.14. The van der Waals surface area contributed by atoms with Crippen LogP contribution in [0.25, 0.3) is 11.6 Å². The van der Waals surface area contributed by atoms with Gasteiger partial charge in [-0.3, -0.25) is 0 Å². The van der Waals surface area contributed by atoms with Gasteiger partial charge in [0.25, 0.3) is 0 Å². The Balaban J connectivity index is 1.84. The van der Waals surface area contributed by atoms with E-state index in [1.807, 2.05) is 48.6 Å². The van der Waals surface area contributed by atoms with Crippen LogP contribution >= 0.6 is 0 Å². The summed E-state index contributed by atoms with van der Waals surface area (Å²) in [6.07, 6.45) is 5.60. The number of hydrogen-bond donors (Lipinski definition) is 2. The van der Waals surface area contributed by atoms with Crippen LogP contribution in [0.2, 0.25) is 6.32 Å². The minimum absolute atomic E-state index is 0.249. The van der Waals surface area contributed by atoms with Crippen LogP contribution < -0.4 is 0 Å². The molecule has 2 aromatic carbocycles. The molecular weight excluding hydrogens is 363 g/mol. The lowest BCUT2D eigenvalue weighted by molar-refractivity contribution is 0.177. The molecule has 0 aromatic heterocycles. The van der Waals surface area contributed by atoms with Crippen molar-refractivity contribution in [3.63, 3.8) is 0 Å². The number of benzene rings is 2. The fourth-order valence-corrected chi connectivity index (χ4v) is 3.57. The van der Waals surface area contributed by atoms with Crippen LogP contribution in [0.4, 0.5) is 0 Å². The third kappa shape index (κ3) is 5.70. The average Bonchev–Trinajstić information content (AvgIpc) is 2.73. The second kappa shape index (κ2) is 10.3. The van der Waals surface area contributed by atoms with Crippen molar-refractivity contribution in [2.75, 3.05) is 13.7 Å². The number of ether oxygens (including phenoxy) is 1. The number of methoxy groups -OCH3 is 1. The largest absolute Gasteiger partial charge is 0.507 e. The Kier molecular flexibility index (Phi) is 7.47. The number of phenolic OH excluding ortho intramolecular Hbond substituents is 1. The Morgan fingerprint density at radius 2 is 1.93 bits per heavy atom. The standard InChI is InChI=1S/C24H27BO4/c1-18(17-28-2)22-14-15-25(27)29-24(22)13-12-20(19-8-4-3-5-9-19)16-21-10-6-7-11-23(21)26/h3-11,14,16,24,26-27H,1,12-13,15,17H2,2H3/b20-16-. The van der Waals surface area contributed by atoms with Crippen molar-refractivity contribution in [1.29, 1.82) is 0 Å². The van der Waals surface area contributed by atoms with Crippen molar-refractivity contribution in [2.24, 2.45) is 0 Å². The van der Waals surface area contributed by atoms with Gasteiger partial charge in [0.1, 0.15) is 5.75 Å². The summed E-state index contributed by atoms with van der Waals surface area (Å²) in [5.74, 6) is 0.249. The molecule has 0 saturated heterocycles. The monoisotopic (exact) mass is 390 g/mol. The van der Waals surface area contributed by atoms with Crippen molar-refractivity contribution < 1.29 is 19.5 Å². The van der Waals surface area contributed by atoms with E-state index in [1.54, 1.807) is 13.2 Å². The SMILES string of the molecule is C=C(COC)C1=CCB(O)OC1CC/C(=C/c1ccccc1O)c1ccccc1. The molecule has 1 atom stereocenters. The predicted molar refractivity (Wildman–Crippen MR) is 118 cm³/mol. The summed E-state index contributed by atoms with van der Waals surface area (Å²) in [5, 5.41) is 20.2. The molecule has 0 bridgehead atoms. The van der Waals surface area contributed by atoms with E-state index >= 15 is 0 Å². The van der Waals surface area contributed by atoms with Gasteiger partial charge in [-0.05, 0) is 47.3 Å². The minimum atomic E-state index is -0.804. The second-order valence-electron chi connectivity index (χ2n) is 7.14. The number of aromatic hydroxyl groups is 1. The molecule has 4 nitrogen and oxygen atoms in total. The van der Waals surface area contributed by atoms with E-state index in [0.717, 1.165) is 27.8 Å². The molecule has 1 unspecified atom stereocenters. The normalized spacial score (nSPS) is 17.2. The highest BCUT2D eigenvalue weighted by molar-refractivity contribution is 6.43. The van der Waals surface area contributed by atoms with Gasteiger partial charge in [0.15, 0.2) is 0 Å². The summed E-state index contributed by atoms with van der Waals surface area (Å²) >= 11 is 0. The quantitative estimate of drug-likeness (QED) is 0.506. The molecule has 2 aromatic rings. The van der Waals surface area contributed by atoms with E-state index in [4.69, 9.17) is 9.39 Å². The van der Waals surface area contributed by atoms with Gasteiger partial charge in [-0.1, -0.05) is 61.2 Å². The summed E-state index contributed by atoms with van der Waals surface area (Å²) in [5.41, 5.74) is 4.82. The summed E-state index contributed by atoms with van der Waals surface area (Å²) in [6.45, 7) is 4.54. The maximum absolute atomic E-state index is 10.2. The summed E-state index contributed by atoms with van der Waals surface area (Å²) in [4.78, 5) is 0. The van der Waals surface area contributed by atoms with Crippen LogP contribution in [0.5, 0.6) is 5.75 Å². The third-order valence-electron chi connectivity index (χ3n) is 5.02. The lowest BCUT2D eigenvalue weighted by Crippen LogP contribution is -2.32. The fourth-order valence-electron chi connectivity index (χ4n) is 3.57. The molecule has 29 heavy (non-hydrogen) atoms. The topological polar surface area (TPSA) is 58.9 Å². The fraction of sp³-hybridized carbons (Fsp3) is 0.250. The van der Waals surface area contributed by atoms with Crippen molar-refractivity contribution in [1.82, 2.24) is 0 Å². The summed E-state index contributed by atoms with van der Waals surface area (Å²) in [6, 6.07) is 17.4.